The van der Waals surface area contributed by atoms with Crippen molar-refractivity contribution in [3.05, 3.63) is 34.5 Å². The maximum absolute atomic E-state index is 14.4. The van der Waals surface area contributed by atoms with Crippen molar-refractivity contribution in [2.24, 2.45) is 0 Å². The first-order valence-electron chi connectivity index (χ1n) is 6.66. The van der Waals surface area contributed by atoms with Crippen molar-refractivity contribution in [2.45, 2.75) is 0 Å². The molecule has 0 aliphatic carbocycles. The van der Waals surface area contributed by atoms with Crippen LogP contribution in [0.2, 0.25) is 5.02 Å². The number of carbonyl (C=O) groups is 2. The third kappa shape index (κ3) is 2.31. The summed E-state index contributed by atoms with van der Waals surface area (Å²) in [5, 5.41) is -0.479. The quantitative estimate of drug-likeness (QED) is 0.858. The summed E-state index contributed by atoms with van der Waals surface area (Å²) in [6.07, 6.45) is 0.716. The molecule has 22 heavy (non-hydrogen) atoms. The van der Waals surface area contributed by atoms with Crippen LogP contribution in [-0.4, -0.2) is 53.3 Å². The van der Waals surface area contributed by atoms with E-state index >= 15 is 0 Å². The number of nitrogens with zero attached hydrogens (tertiary/aromatic N) is 2. The van der Waals surface area contributed by atoms with E-state index in [-0.39, 0.29) is 21.6 Å². The molecule has 5 nitrogen and oxygen atoms in total. The van der Waals surface area contributed by atoms with Crippen LogP contribution >= 0.6 is 11.6 Å². The van der Waals surface area contributed by atoms with Gasteiger partial charge in [0.15, 0.2) is 5.82 Å². The van der Waals surface area contributed by atoms with E-state index in [1.165, 1.54) is 15.9 Å². The second-order valence-corrected chi connectivity index (χ2v) is 5.41. The Balaban J connectivity index is 1.93. The van der Waals surface area contributed by atoms with Crippen LogP contribution in [0.5, 0.6) is 0 Å². The molecule has 1 aromatic carbocycles. The molecule has 1 fully saturated rings. The Morgan fingerprint density at radius 2 is 1.91 bits per heavy atom. The number of amides is 2. The number of carbonyl (C=O) groups excluding carboxylic acids is 2. The summed E-state index contributed by atoms with van der Waals surface area (Å²) in [7, 11) is 0. The van der Waals surface area contributed by atoms with Crippen LogP contribution in [0.15, 0.2) is 12.1 Å². The van der Waals surface area contributed by atoms with Gasteiger partial charge in [0.25, 0.3) is 5.91 Å². The summed E-state index contributed by atoms with van der Waals surface area (Å²) in [5.41, 5.74) is 0.0147. The van der Waals surface area contributed by atoms with Crippen LogP contribution < -0.4 is 0 Å². The largest absolute Gasteiger partial charge is 0.348 e. The minimum absolute atomic E-state index is 0.128. The lowest BCUT2D eigenvalue weighted by Gasteiger charge is -2.32. The van der Waals surface area contributed by atoms with E-state index in [1.54, 1.807) is 0 Å². The Hall–Kier alpha value is -2.15. The summed E-state index contributed by atoms with van der Waals surface area (Å²) in [6, 6.07) is 2.44. The maximum atomic E-state index is 14.4. The van der Waals surface area contributed by atoms with E-state index in [0.717, 1.165) is 6.07 Å². The molecule has 0 radical (unpaired) electrons. The zero-order valence-electron chi connectivity index (χ0n) is 11.4. The number of hydrogen-bond acceptors (Lipinski definition) is 2. The molecule has 0 unspecified atom stereocenters. The van der Waals surface area contributed by atoms with Crippen LogP contribution in [0.25, 0.3) is 10.9 Å². The molecule has 1 aromatic heterocycles. The number of fused-ring (bicyclic) bond motifs is 1. The van der Waals surface area contributed by atoms with E-state index in [0.29, 0.717) is 32.6 Å². The Labute approximate surface area is 129 Å². The molecular weight excluding hydrogens is 316 g/mol. The standard InChI is InChI=1S/C14H12ClF2N3O2/c15-11-8(16)1-2-9-10(11)12(17)13(18-9)14(22)20-5-3-19(7-21)4-6-20/h1-2,7,18H,3-6H2. The second kappa shape index (κ2) is 5.57. The first-order chi connectivity index (χ1) is 10.5. The third-order valence-electron chi connectivity index (χ3n) is 3.76. The Bertz CT molecular complexity index is 754. The molecular formula is C14H12ClF2N3O2. The van der Waals surface area contributed by atoms with Crippen molar-refractivity contribution in [1.29, 1.82) is 0 Å². The molecule has 2 amide bonds. The van der Waals surface area contributed by atoms with Crippen LogP contribution in [0.3, 0.4) is 0 Å². The summed E-state index contributed by atoms with van der Waals surface area (Å²) >= 11 is 5.77. The highest BCUT2D eigenvalue weighted by Gasteiger charge is 2.27. The lowest BCUT2D eigenvalue weighted by molar-refractivity contribution is -0.119. The zero-order chi connectivity index (χ0) is 15.9. The number of aromatic nitrogens is 1. The van der Waals surface area contributed by atoms with E-state index in [2.05, 4.69) is 4.98 Å². The van der Waals surface area contributed by atoms with Crippen LogP contribution in [0.4, 0.5) is 8.78 Å². The van der Waals surface area contributed by atoms with Gasteiger partial charge in [-0.3, -0.25) is 9.59 Å². The predicted octanol–water partition coefficient (Wildman–Crippen LogP) is 2.01. The van der Waals surface area contributed by atoms with Gasteiger partial charge in [0.2, 0.25) is 6.41 Å². The van der Waals surface area contributed by atoms with Gasteiger partial charge in [-0.2, -0.15) is 0 Å². The highest BCUT2D eigenvalue weighted by atomic mass is 35.5. The SMILES string of the molecule is O=CN1CCN(C(=O)c2[nH]c3ccc(F)c(Cl)c3c2F)CC1. The van der Waals surface area contributed by atoms with Gasteiger partial charge in [0, 0.05) is 26.2 Å². The number of rotatable bonds is 2. The topological polar surface area (TPSA) is 56.4 Å². The molecule has 1 saturated heterocycles. The molecule has 1 aliphatic heterocycles. The molecule has 3 rings (SSSR count). The number of H-pyrrole nitrogens is 1. The summed E-state index contributed by atoms with van der Waals surface area (Å²) < 4.78 is 27.9. The van der Waals surface area contributed by atoms with Crippen molar-refractivity contribution in [3.63, 3.8) is 0 Å². The zero-order valence-corrected chi connectivity index (χ0v) is 12.2. The molecule has 2 heterocycles. The van der Waals surface area contributed by atoms with Gasteiger partial charge in [-0.15, -0.1) is 0 Å². The first-order valence-corrected chi connectivity index (χ1v) is 7.04. The molecule has 0 spiro atoms. The molecule has 116 valence electrons. The van der Waals surface area contributed by atoms with Crippen molar-refractivity contribution < 1.29 is 18.4 Å². The van der Waals surface area contributed by atoms with Crippen molar-refractivity contribution >= 4 is 34.8 Å². The summed E-state index contributed by atoms with van der Waals surface area (Å²) in [5.74, 6) is -2.14. The Morgan fingerprint density at radius 3 is 2.55 bits per heavy atom. The van der Waals surface area contributed by atoms with Crippen molar-refractivity contribution in [2.75, 3.05) is 26.2 Å². The Morgan fingerprint density at radius 1 is 1.23 bits per heavy atom. The number of piperazine rings is 1. The van der Waals surface area contributed by atoms with Gasteiger partial charge < -0.3 is 14.8 Å². The van der Waals surface area contributed by atoms with E-state index in [1.807, 2.05) is 0 Å². The molecule has 0 bridgehead atoms. The van der Waals surface area contributed by atoms with E-state index in [9.17, 15) is 18.4 Å². The van der Waals surface area contributed by atoms with Gasteiger partial charge in [0.05, 0.1) is 15.9 Å². The van der Waals surface area contributed by atoms with Gasteiger partial charge in [-0.05, 0) is 12.1 Å². The van der Waals surface area contributed by atoms with Crippen LogP contribution in [0.1, 0.15) is 10.5 Å². The van der Waals surface area contributed by atoms with Crippen LogP contribution in [-0.2, 0) is 4.79 Å². The Kier molecular flexibility index (Phi) is 3.74. The van der Waals surface area contributed by atoms with E-state index < -0.39 is 17.5 Å². The highest BCUT2D eigenvalue weighted by Crippen LogP contribution is 2.30. The fraction of sp³-hybridized carbons (Fsp3) is 0.286. The summed E-state index contributed by atoms with van der Waals surface area (Å²) in [6.45, 7) is 1.42. The minimum atomic E-state index is -0.859. The van der Waals surface area contributed by atoms with Gasteiger partial charge in [-0.1, -0.05) is 11.6 Å². The predicted molar refractivity (Wildman–Crippen MR) is 76.8 cm³/mol. The summed E-state index contributed by atoms with van der Waals surface area (Å²) in [4.78, 5) is 28.7. The van der Waals surface area contributed by atoms with E-state index in [4.69, 9.17) is 11.6 Å². The molecule has 1 aliphatic rings. The molecule has 8 heteroatoms. The smallest absolute Gasteiger partial charge is 0.273 e. The number of halogens is 3. The lowest BCUT2D eigenvalue weighted by atomic mass is 10.2. The average Bonchev–Trinajstić information content (AvgIpc) is 2.88. The average molecular weight is 328 g/mol. The molecule has 0 atom stereocenters. The molecule has 2 aromatic rings. The fourth-order valence-corrected chi connectivity index (χ4v) is 2.77. The second-order valence-electron chi connectivity index (χ2n) is 5.03. The number of nitrogens with one attached hydrogen (secondary N) is 1. The van der Waals surface area contributed by atoms with Gasteiger partial charge in [-0.25, -0.2) is 8.78 Å². The molecule has 0 saturated carbocycles. The van der Waals surface area contributed by atoms with Crippen LogP contribution in [0, 0.1) is 11.6 Å². The number of hydrogen-bond donors (Lipinski definition) is 1. The fourth-order valence-electron chi connectivity index (χ4n) is 2.52. The van der Waals surface area contributed by atoms with Gasteiger partial charge >= 0.3 is 0 Å². The van der Waals surface area contributed by atoms with Gasteiger partial charge in [0.1, 0.15) is 11.5 Å². The normalized spacial score (nSPS) is 15.4. The monoisotopic (exact) mass is 327 g/mol. The lowest BCUT2D eigenvalue weighted by Crippen LogP contribution is -2.48. The first kappa shape index (κ1) is 14.8. The van der Waals surface area contributed by atoms with Crippen molar-refractivity contribution in [3.8, 4) is 0 Å². The third-order valence-corrected chi connectivity index (χ3v) is 4.13. The highest BCUT2D eigenvalue weighted by molar-refractivity contribution is 6.35. The molecule has 1 N–H and O–H groups in total. The number of benzene rings is 1. The minimum Gasteiger partial charge on any atom is -0.348 e. The maximum Gasteiger partial charge on any atom is 0.273 e. The number of aromatic amines is 1. The van der Waals surface area contributed by atoms with Crippen molar-refractivity contribution in [1.82, 2.24) is 14.8 Å².